The molecule has 4 aromatic rings. The normalized spacial score (nSPS) is 12.9. The lowest BCUT2D eigenvalue weighted by molar-refractivity contribution is -0.143. The monoisotopic (exact) mass is 497 g/mol. The van der Waals surface area contributed by atoms with Crippen molar-refractivity contribution in [3.8, 4) is 11.4 Å². The highest BCUT2D eigenvalue weighted by Crippen LogP contribution is 2.41. The van der Waals surface area contributed by atoms with E-state index in [2.05, 4.69) is 15.1 Å². The minimum Gasteiger partial charge on any atom is -0.497 e. The molecule has 2 aromatic carbocycles. The van der Waals surface area contributed by atoms with Crippen molar-refractivity contribution in [3.05, 3.63) is 71.4 Å². The maximum absolute atomic E-state index is 14.0. The van der Waals surface area contributed by atoms with Gasteiger partial charge in [-0.1, -0.05) is 12.1 Å². The third-order valence-corrected chi connectivity index (χ3v) is 5.74. The van der Waals surface area contributed by atoms with Gasteiger partial charge in [0, 0.05) is 0 Å². The summed E-state index contributed by atoms with van der Waals surface area (Å²) in [7, 11) is 1.55. The van der Waals surface area contributed by atoms with Crippen LogP contribution in [-0.4, -0.2) is 45.3 Å². The summed E-state index contributed by atoms with van der Waals surface area (Å²) in [5.41, 5.74) is -0.647. The van der Waals surface area contributed by atoms with Gasteiger partial charge in [-0.3, -0.25) is 4.79 Å². The topological polar surface area (TPSA) is 99.4 Å². The van der Waals surface area contributed by atoms with Gasteiger partial charge in [0.15, 0.2) is 5.69 Å². The molecule has 2 aromatic heterocycles. The van der Waals surface area contributed by atoms with Crippen molar-refractivity contribution >= 4 is 28.5 Å². The Morgan fingerprint density at radius 1 is 1.06 bits per heavy atom. The first-order chi connectivity index (χ1) is 17.2. The van der Waals surface area contributed by atoms with Crippen molar-refractivity contribution in [1.29, 1.82) is 0 Å². The number of carbonyl (C=O) groups is 2. The van der Waals surface area contributed by atoms with Crippen molar-refractivity contribution in [1.82, 2.24) is 19.7 Å². The first kappa shape index (κ1) is 23.3. The van der Waals surface area contributed by atoms with Gasteiger partial charge < -0.3 is 14.4 Å². The standard InChI is InChI=1S/C24H18F3N5O4/c1-3-36-23(34)15-10-30-32(21(15)24(25,26)27)17-9-8-16-18-19(17)28-12-29-20(18)22(33)31(16)11-13-4-6-14(35-2)7-5-13/h4-10,12H,3,11H2,1-2H3. The van der Waals surface area contributed by atoms with Crippen molar-refractivity contribution < 1.29 is 32.2 Å². The third kappa shape index (κ3) is 3.70. The number of rotatable bonds is 6. The zero-order valence-electron chi connectivity index (χ0n) is 19.0. The number of hydrogen-bond donors (Lipinski definition) is 0. The van der Waals surface area contributed by atoms with Gasteiger partial charge in [-0.2, -0.15) is 18.3 Å². The Morgan fingerprint density at radius 3 is 2.44 bits per heavy atom. The molecular weight excluding hydrogens is 479 g/mol. The number of nitrogens with zero attached hydrogens (tertiary/aromatic N) is 5. The number of aromatic nitrogens is 4. The highest BCUT2D eigenvalue weighted by Gasteiger charge is 2.42. The van der Waals surface area contributed by atoms with Crippen LogP contribution in [-0.2, 0) is 17.5 Å². The highest BCUT2D eigenvalue weighted by atomic mass is 19.4. The number of alkyl halides is 3. The SMILES string of the molecule is CCOC(=O)c1cnn(-c2ccc3c4c(ncnc24)C(=O)N3Cc2ccc(OC)cc2)c1C(F)(F)F. The molecule has 0 unspecified atom stereocenters. The molecule has 0 atom stereocenters. The van der Waals surface area contributed by atoms with Crippen LogP contribution in [0.4, 0.5) is 18.9 Å². The van der Waals surface area contributed by atoms with Crippen LogP contribution in [0.25, 0.3) is 16.6 Å². The minimum atomic E-state index is -4.92. The molecule has 9 nitrogen and oxygen atoms in total. The molecule has 0 radical (unpaired) electrons. The van der Waals surface area contributed by atoms with E-state index in [-0.39, 0.29) is 30.0 Å². The average Bonchev–Trinajstić information content (AvgIpc) is 3.42. The molecule has 0 fully saturated rings. The van der Waals surface area contributed by atoms with Crippen LogP contribution in [0.5, 0.6) is 5.75 Å². The number of anilines is 1. The lowest BCUT2D eigenvalue weighted by Crippen LogP contribution is -2.26. The number of carbonyl (C=O) groups excluding carboxylic acids is 2. The molecule has 0 N–H and O–H groups in total. The average molecular weight is 497 g/mol. The molecular formula is C24H18F3N5O4. The molecule has 184 valence electrons. The number of amides is 1. The van der Waals surface area contributed by atoms with Gasteiger partial charge in [0.1, 0.15) is 28.9 Å². The molecule has 1 aliphatic heterocycles. The van der Waals surface area contributed by atoms with E-state index in [1.165, 1.54) is 24.0 Å². The second kappa shape index (κ2) is 8.63. The second-order valence-electron chi connectivity index (χ2n) is 7.83. The number of hydrogen-bond acceptors (Lipinski definition) is 7. The molecule has 36 heavy (non-hydrogen) atoms. The molecule has 0 saturated heterocycles. The van der Waals surface area contributed by atoms with E-state index in [4.69, 9.17) is 9.47 Å². The zero-order chi connectivity index (χ0) is 25.6. The first-order valence-electron chi connectivity index (χ1n) is 10.8. The Kier molecular flexibility index (Phi) is 5.58. The summed E-state index contributed by atoms with van der Waals surface area (Å²) < 4.78 is 52.7. The van der Waals surface area contributed by atoms with Crippen molar-refractivity contribution in [2.75, 3.05) is 18.6 Å². The van der Waals surface area contributed by atoms with Crippen molar-refractivity contribution in [2.24, 2.45) is 0 Å². The predicted molar refractivity (Wildman–Crippen MR) is 121 cm³/mol. The molecule has 12 heteroatoms. The summed E-state index contributed by atoms with van der Waals surface area (Å²) in [4.78, 5) is 35.1. The number of benzene rings is 2. The van der Waals surface area contributed by atoms with Crippen LogP contribution >= 0.6 is 0 Å². The quantitative estimate of drug-likeness (QED) is 0.369. The van der Waals surface area contributed by atoms with Gasteiger partial charge in [-0.15, -0.1) is 0 Å². The van der Waals surface area contributed by atoms with Gasteiger partial charge >= 0.3 is 12.1 Å². The summed E-state index contributed by atoms with van der Waals surface area (Å²) in [5, 5.41) is 4.13. The highest BCUT2D eigenvalue weighted by molar-refractivity contribution is 6.24. The fourth-order valence-electron chi connectivity index (χ4n) is 4.17. The second-order valence-corrected chi connectivity index (χ2v) is 7.83. The lowest BCUT2D eigenvalue weighted by atomic mass is 10.1. The van der Waals surface area contributed by atoms with Crippen LogP contribution in [0.3, 0.4) is 0 Å². The Morgan fingerprint density at radius 2 is 1.78 bits per heavy atom. The van der Waals surface area contributed by atoms with Crippen molar-refractivity contribution in [2.45, 2.75) is 19.6 Å². The molecule has 3 heterocycles. The maximum atomic E-state index is 14.0. The molecule has 0 bridgehead atoms. The molecule has 1 aliphatic rings. The Balaban J connectivity index is 1.63. The van der Waals surface area contributed by atoms with Crippen LogP contribution in [0.2, 0.25) is 0 Å². The Hall–Kier alpha value is -4.48. The van der Waals surface area contributed by atoms with E-state index in [1.54, 1.807) is 19.2 Å². The summed E-state index contributed by atoms with van der Waals surface area (Å²) in [5.74, 6) is -0.888. The van der Waals surface area contributed by atoms with E-state index >= 15 is 0 Å². The van der Waals surface area contributed by atoms with Crippen LogP contribution in [0, 0.1) is 0 Å². The number of halogens is 3. The summed E-state index contributed by atoms with van der Waals surface area (Å²) >= 11 is 0. The molecule has 0 saturated carbocycles. The zero-order valence-corrected chi connectivity index (χ0v) is 19.0. The van der Waals surface area contributed by atoms with Crippen molar-refractivity contribution in [3.63, 3.8) is 0 Å². The smallest absolute Gasteiger partial charge is 0.434 e. The van der Waals surface area contributed by atoms with E-state index < -0.39 is 29.3 Å². The summed E-state index contributed by atoms with van der Waals surface area (Å²) in [6.45, 7) is 1.60. The van der Waals surface area contributed by atoms with E-state index in [0.29, 0.717) is 21.5 Å². The Labute approximate surface area is 202 Å². The third-order valence-electron chi connectivity index (χ3n) is 5.74. The van der Waals surface area contributed by atoms with E-state index in [0.717, 1.165) is 18.1 Å². The fourth-order valence-corrected chi connectivity index (χ4v) is 4.17. The maximum Gasteiger partial charge on any atom is 0.434 e. The van der Waals surface area contributed by atoms with Gasteiger partial charge in [0.2, 0.25) is 0 Å². The van der Waals surface area contributed by atoms with E-state index in [9.17, 15) is 22.8 Å². The fraction of sp³-hybridized carbons (Fsp3) is 0.208. The van der Waals surface area contributed by atoms with Crippen LogP contribution in [0.1, 0.15) is 39.0 Å². The summed E-state index contributed by atoms with van der Waals surface area (Å²) in [6.07, 6.45) is -3.00. The molecule has 5 rings (SSSR count). The Bertz CT molecular complexity index is 1500. The van der Waals surface area contributed by atoms with Gasteiger partial charge in [-0.05, 0) is 36.8 Å². The number of esters is 1. The number of ether oxygens (including phenoxy) is 2. The van der Waals surface area contributed by atoms with Gasteiger partial charge in [-0.25, -0.2) is 19.4 Å². The minimum absolute atomic E-state index is 0.0561. The lowest BCUT2D eigenvalue weighted by Gasteiger charge is -2.18. The van der Waals surface area contributed by atoms with Crippen LogP contribution in [0.15, 0.2) is 48.9 Å². The van der Waals surface area contributed by atoms with Gasteiger partial charge in [0.05, 0.1) is 43.2 Å². The van der Waals surface area contributed by atoms with Crippen LogP contribution < -0.4 is 9.64 Å². The molecule has 0 spiro atoms. The largest absolute Gasteiger partial charge is 0.497 e. The first-order valence-corrected chi connectivity index (χ1v) is 10.8. The predicted octanol–water partition coefficient (Wildman–Crippen LogP) is 4.18. The van der Waals surface area contributed by atoms with Gasteiger partial charge in [0.25, 0.3) is 5.91 Å². The molecule has 1 amide bonds. The summed E-state index contributed by atoms with van der Waals surface area (Å²) in [6, 6.07) is 10.0. The molecule has 0 aliphatic carbocycles. The number of methoxy groups -OCH3 is 1. The van der Waals surface area contributed by atoms with E-state index in [1.807, 2.05) is 12.1 Å².